The lowest BCUT2D eigenvalue weighted by molar-refractivity contribution is -0.382. The van der Waals surface area contributed by atoms with Crippen molar-refractivity contribution >= 4 is 5.97 Å². The van der Waals surface area contributed by atoms with E-state index in [9.17, 15) is 66.1 Å². The second-order valence-electron chi connectivity index (χ2n) is 25.9. The highest BCUT2D eigenvalue weighted by Gasteiger charge is 2.72. The third kappa shape index (κ3) is 9.08. The number of ether oxygens (including phenoxy) is 8. The van der Waals surface area contributed by atoms with Gasteiger partial charge in [0.2, 0.25) is 0 Å². The summed E-state index contributed by atoms with van der Waals surface area (Å²) >= 11 is 0. The number of fused-ring (bicyclic) bond motifs is 7. The summed E-state index contributed by atoms with van der Waals surface area (Å²) in [5.41, 5.74) is -1.58. The smallest absolute Gasteiger partial charge is 0.312 e. The van der Waals surface area contributed by atoms with E-state index < -0.39 is 158 Å². The number of aliphatic hydroxyl groups excluding tert-OH is 11. The molecule has 8 fully saturated rings. The number of carboxylic acid groups (broad SMARTS) is 1. The van der Waals surface area contributed by atoms with Crippen LogP contribution in [0.25, 0.3) is 0 Å². The normalized spacial score (nSPS) is 55.2. The number of aliphatic hydroxyl groups is 11. The Hall–Kier alpha value is -1.55. The van der Waals surface area contributed by atoms with Crippen LogP contribution in [0.15, 0.2) is 11.6 Å². The highest BCUT2D eigenvalue weighted by atomic mass is 16.8. The number of allylic oxidation sites excluding steroid dienone is 2. The van der Waals surface area contributed by atoms with Gasteiger partial charge in [0.25, 0.3) is 0 Å². The molecular weight excluding hydrogens is 973 g/mol. The molecule has 0 spiro atoms. The molecule has 4 aliphatic heterocycles. The standard InChI is InChI=1S/C53H86O21/c1-22-32(56)35(59)38(62)44(69-22)73-41-23(2)70-45(39(63)36(41)60)74-42-34(58)27(21-68-43-37(61)33(57)26(54)20-67-43)71-46(40(42)64)72-31-13-14-50(7)28(49(31,5)6)12-15-51(8)29(50)11-10-24-25-18-48(3,4)16-17-53(25,47(65)66)30(55)19-52(24,51)9/h10,22-23,25-46,54-64H,11-21H2,1-9H3,(H,65,66)/t22-,23-,25-,26+,27+,28-,29+,30+,31?,32-,33-,34+,35+,36-,37+,38+,39+,40+,41-,42-,43-,44-,45-,46-,50-,51+,52+,53+/m0/s1. The van der Waals surface area contributed by atoms with Gasteiger partial charge in [-0.25, -0.2) is 0 Å². The summed E-state index contributed by atoms with van der Waals surface area (Å²) in [6.07, 6.45) is -22.4. The van der Waals surface area contributed by atoms with Gasteiger partial charge in [0.05, 0.1) is 37.6 Å². The Morgan fingerprint density at radius 1 is 0.622 bits per heavy atom. The summed E-state index contributed by atoms with van der Waals surface area (Å²) in [5, 5.41) is 132. The van der Waals surface area contributed by atoms with Crippen LogP contribution in [-0.2, 0) is 42.7 Å². The molecule has 0 aromatic heterocycles. The van der Waals surface area contributed by atoms with Crippen molar-refractivity contribution in [1.82, 2.24) is 0 Å². The molecule has 21 heteroatoms. The third-order valence-corrected chi connectivity index (χ3v) is 21.0. The van der Waals surface area contributed by atoms with Crippen molar-refractivity contribution in [3.8, 4) is 0 Å². The number of aliphatic carboxylic acids is 1. The first-order chi connectivity index (χ1) is 34.4. The molecule has 4 saturated carbocycles. The van der Waals surface area contributed by atoms with Gasteiger partial charge < -0.3 is 99.2 Å². The number of carbonyl (C=O) groups is 1. The van der Waals surface area contributed by atoms with Crippen LogP contribution in [0.2, 0.25) is 0 Å². The van der Waals surface area contributed by atoms with Gasteiger partial charge in [-0.1, -0.05) is 60.1 Å². The fourth-order valence-corrected chi connectivity index (χ4v) is 16.3. The minimum Gasteiger partial charge on any atom is -0.481 e. The number of hydrogen-bond acceptors (Lipinski definition) is 20. The Balaban J connectivity index is 0.944. The molecule has 0 aromatic rings. The van der Waals surface area contributed by atoms with Crippen LogP contribution in [0, 0.1) is 50.2 Å². The van der Waals surface area contributed by atoms with Crippen LogP contribution in [0.3, 0.4) is 0 Å². The average molecular weight is 1060 g/mol. The Bertz CT molecular complexity index is 2060. The van der Waals surface area contributed by atoms with E-state index in [0.717, 1.165) is 32.1 Å². The van der Waals surface area contributed by atoms with Gasteiger partial charge in [0.15, 0.2) is 25.2 Å². The molecule has 424 valence electrons. The minimum absolute atomic E-state index is 0.0700. The largest absolute Gasteiger partial charge is 0.481 e. The Kier molecular flexibility index (Phi) is 15.6. The summed E-state index contributed by atoms with van der Waals surface area (Å²) in [5.74, 6) is -0.910. The summed E-state index contributed by atoms with van der Waals surface area (Å²) in [7, 11) is 0. The maximum atomic E-state index is 13.3. The van der Waals surface area contributed by atoms with Crippen LogP contribution < -0.4 is 0 Å². The van der Waals surface area contributed by atoms with E-state index in [1.165, 1.54) is 19.4 Å². The van der Waals surface area contributed by atoms with E-state index >= 15 is 0 Å². The second kappa shape index (κ2) is 20.2. The van der Waals surface area contributed by atoms with Crippen molar-refractivity contribution in [2.75, 3.05) is 13.2 Å². The van der Waals surface area contributed by atoms with E-state index in [1.807, 2.05) is 0 Å². The first-order valence-electron chi connectivity index (χ1n) is 27.0. The van der Waals surface area contributed by atoms with Gasteiger partial charge in [-0.15, -0.1) is 0 Å². The highest BCUT2D eigenvalue weighted by Crippen LogP contribution is 2.76. The van der Waals surface area contributed by atoms with Gasteiger partial charge in [0.1, 0.15) is 84.8 Å². The fraction of sp³-hybridized carbons (Fsp3) is 0.943. The molecule has 0 aromatic carbocycles. The van der Waals surface area contributed by atoms with E-state index in [1.54, 1.807) is 0 Å². The first-order valence-corrected chi connectivity index (χ1v) is 27.0. The summed E-state index contributed by atoms with van der Waals surface area (Å²) in [4.78, 5) is 13.3. The van der Waals surface area contributed by atoms with Gasteiger partial charge >= 0.3 is 5.97 Å². The van der Waals surface area contributed by atoms with Crippen LogP contribution in [0.4, 0.5) is 0 Å². The molecule has 9 rings (SSSR count). The Labute approximate surface area is 433 Å². The molecule has 0 amide bonds. The predicted molar refractivity (Wildman–Crippen MR) is 256 cm³/mol. The highest BCUT2D eigenvalue weighted by molar-refractivity contribution is 5.77. The zero-order valence-corrected chi connectivity index (χ0v) is 44.3. The van der Waals surface area contributed by atoms with Crippen molar-refractivity contribution in [1.29, 1.82) is 0 Å². The molecule has 0 radical (unpaired) electrons. The molecule has 1 unspecified atom stereocenters. The zero-order chi connectivity index (χ0) is 54.2. The van der Waals surface area contributed by atoms with Gasteiger partial charge in [-0.05, 0) is 116 Å². The molecule has 74 heavy (non-hydrogen) atoms. The van der Waals surface area contributed by atoms with E-state index in [4.69, 9.17) is 37.9 Å². The topological polar surface area (TPSA) is 334 Å². The molecule has 4 saturated heterocycles. The van der Waals surface area contributed by atoms with Crippen molar-refractivity contribution in [3.63, 3.8) is 0 Å². The fourth-order valence-electron chi connectivity index (χ4n) is 16.3. The van der Waals surface area contributed by atoms with Gasteiger partial charge in [-0.2, -0.15) is 0 Å². The first kappa shape index (κ1) is 57.1. The summed E-state index contributed by atoms with van der Waals surface area (Å²) in [6, 6.07) is 0. The minimum atomic E-state index is -1.88. The molecule has 21 nitrogen and oxygen atoms in total. The van der Waals surface area contributed by atoms with Crippen LogP contribution >= 0.6 is 0 Å². The number of rotatable bonds is 10. The van der Waals surface area contributed by atoms with Gasteiger partial charge in [0, 0.05) is 0 Å². The van der Waals surface area contributed by atoms with Crippen molar-refractivity contribution in [2.45, 2.75) is 249 Å². The van der Waals surface area contributed by atoms with Gasteiger partial charge in [-0.3, -0.25) is 4.79 Å². The monoisotopic (exact) mass is 1060 g/mol. The van der Waals surface area contributed by atoms with Crippen molar-refractivity contribution in [3.05, 3.63) is 11.6 Å². The quantitative estimate of drug-likeness (QED) is 0.103. The second-order valence-corrected chi connectivity index (χ2v) is 25.9. The van der Waals surface area contributed by atoms with E-state index in [0.29, 0.717) is 25.7 Å². The molecule has 12 N–H and O–H groups in total. The molecule has 4 heterocycles. The molecule has 5 aliphatic carbocycles. The van der Waals surface area contributed by atoms with E-state index in [-0.39, 0.29) is 40.6 Å². The maximum Gasteiger partial charge on any atom is 0.312 e. The average Bonchev–Trinajstić information content (AvgIpc) is 3.32. The molecule has 0 bridgehead atoms. The Morgan fingerprint density at radius 3 is 1.92 bits per heavy atom. The van der Waals surface area contributed by atoms with Crippen molar-refractivity contribution < 1.29 is 104 Å². The SMILES string of the molecule is C[C@@H]1O[C@@H](O[C@@H]2[C@@H](O)[C@@H](O)[C@H](O[C@@H]3[C@@H](O)[C@H](OC4CC[C@]5(C)[C@H]6CC=C7[C@@H]8CC(C)(C)CC[C@]8(C(=O)O)[C@H](O)C[C@@]7(C)[C@]6(C)CC[C@H]5C4(C)C)O[C@H](CO[C@@H]4OC[C@@H](O)[C@H](O)[C@H]4O)[C@H]3O)O[C@H]2C)[C@H](O)[C@H](O)[C@H]1O. The Morgan fingerprint density at radius 2 is 1.24 bits per heavy atom. The number of hydrogen-bond donors (Lipinski definition) is 12. The number of carboxylic acids is 1. The third-order valence-electron chi connectivity index (χ3n) is 21.0. The van der Waals surface area contributed by atoms with E-state index in [2.05, 4.69) is 54.5 Å². The maximum absolute atomic E-state index is 13.3. The molecule has 9 aliphatic rings. The van der Waals surface area contributed by atoms with Crippen LogP contribution in [0.1, 0.15) is 120 Å². The molecule has 28 atom stereocenters. The lowest BCUT2D eigenvalue weighted by Gasteiger charge is -2.71. The lowest BCUT2D eigenvalue weighted by Crippen LogP contribution is -2.68. The predicted octanol–water partition coefficient (Wildman–Crippen LogP) is 0.196. The van der Waals surface area contributed by atoms with Crippen LogP contribution in [0.5, 0.6) is 0 Å². The summed E-state index contributed by atoms with van der Waals surface area (Å²) in [6.45, 7) is 17.8. The molecular formula is C53H86O21. The zero-order valence-electron chi connectivity index (χ0n) is 44.3. The van der Waals surface area contributed by atoms with Crippen LogP contribution in [-0.4, -0.2) is 209 Å². The summed E-state index contributed by atoms with van der Waals surface area (Å²) < 4.78 is 48.1. The van der Waals surface area contributed by atoms with Crippen molar-refractivity contribution in [2.24, 2.45) is 50.2 Å². The lowest BCUT2D eigenvalue weighted by atomic mass is 9.33.